The summed E-state index contributed by atoms with van der Waals surface area (Å²) in [6.07, 6.45) is 5.31. The Hall–Kier alpha value is -0.380. The molecule has 0 amide bonds. The van der Waals surface area contributed by atoms with Crippen LogP contribution in [0, 0.1) is 0 Å². The first-order valence-corrected chi connectivity index (χ1v) is 7.29. The quantitative estimate of drug-likeness (QED) is 0.873. The summed E-state index contributed by atoms with van der Waals surface area (Å²) in [5.41, 5.74) is 7.38. The third-order valence-electron chi connectivity index (χ3n) is 3.70. The van der Waals surface area contributed by atoms with Gasteiger partial charge in [-0.05, 0) is 48.2 Å². The van der Waals surface area contributed by atoms with Gasteiger partial charge in [0.25, 0.3) is 0 Å². The summed E-state index contributed by atoms with van der Waals surface area (Å²) < 4.78 is 0. The number of hydrogen-bond acceptors (Lipinski definition) is 3. The van der Waals surface area contributed by atoms with Crippen molar-refractivity contribution >= 4 is 11.3 Å². The van der Waals surface area contributed by atoms with Crippen LogP contribution < -0.4 is 5.73 Å². The van der Waals surface area contributed by atoms with E-state index in [9.17, 15) is 0 Å². The highest BCUT2D eigenvalue weighted by molar-refractivity contribution is 7.07. The summed E-state index contributed by atoms with van der Waals surface area (Å²) in [5.74, 6) is 0. The summed E-state index contributed by atoms with van der Waals surface area (Å²) in [6.45, 7) is 4.26. The summed E-state index contributed by atoms with van der Waals surface area (Å²) >= 11 is 1.77. The van der Waals surface area contributed by atoms with E-state index in [0.29, 0.717) is 6.04 Å². The molecular formula is C13H22N2S. The molecule has 16 heavy (non-hydrogen) atoms. The first kappa shape index (κ1) is 12.1. The van der Waals surface area contributed by atoms with Gasteiger partial charge in [0.15, 0.2) is 0 Å². The summed E-state index contributed by atoms with van der Waals surface area (Å²) in [7, 11) is 0. The van der Waals surface area contributed by atoms with Gasteiger partial charge in [-0.25, -0.2) is 0 Å². The average molecular weight is 238 g/mol. The average Bonchev–Trinajstić information content (AvgIpc) is 2.84. The molecule has 2 rings (SSSR count). The van der Waals surface area contributed by atoms with Crippen LogP contribution in [0.25, 0.3) is 0 Å². The van der Waals surface area contributed by atoms with Crippen LogP contribution in [0.15, 0.2) is 16.8 Å². The van der Waals surface area contributed by atoms with Crippen LogP contribution in [-0.2, 0) is 0 Å². The Balaban J connectivity index is 2.13. The molecule has 0 spiro atoms. The first-order chi connectivity index (χ1) is 7.86. The number of rotatable bonds is 4. The Morgan fingerprint density at radius 1 is 1.56 bits per heavy atom. The maximum Gasteiger partial charge on any atom is 0.0481 e. The Morgan fingerprint density at radius 3 is 3.06 bits per heavy atom. The van der Waals surface area contributed by atoms with Gasteiger partial charge in [-0.1, -0.05) is 13.3 Å². The molecule has 1 aliphatic rings. The smallest absolute Gasteiger partial charge is 0.0481 e. The lowest BCUT2D eigenvalue weighted by Crippen LogP contribution is -2.44. The zero-order chi connectivity index (χ0) is 11.4. The number of thiophene rings is 1. The molecular weight excluding hydrogens is 216 g/mol. The van der Waals surface area contributed by atoms with Crippen molar-refractivity contribution in [1.82, 2.24) is 4.90 Å². The van der Waals surface area contributed by atoms with E-state index >= 15 is 0 Å². The maximum atomic E-state index is 5.97. The van der Waals surface area contributed by atoms with Crippen molar-refractivity contribution in [3.05, 3.63) is 22.4 Å². The van der Waals surface area contributed by atoms with Crippen LogP contribution in [0.5, 0.6) is 0 Å². The normalized spacial score (nSPS) is 24.5. The van der Waals surface area contributed by atoms with Gasteiger partial charge in [-0.15, -0.1) is 0 Å². The minimum atomic E-state index is 0.441. The fourth-order valence-electron chi connectivity index (χ4n) is 2.80. The molecule has 1 fully saturated rings. The summed E-state index contributed by atoms with van der Waals surface area (Å²) in [4.78, 5) is 2.63. The Labute approximate surface area is 102 Å². The van der Waals surface area contributed by atoms with Crippen LogP contribution >= 0.6 is 11.3 Å². The number of likely N-dealkylation sites (tertiary alicyclic amines) is 1. The monoisotopic (exact) mass is 238 g/mol. The second-order valence-electron chi connectivity index (χ2n) is 4.60. The molecule has 3 heteroatoms. The second kappa shape index (κ2) is 5.80. The lowest BCUT2D eigenvalue weighted by atomic mass is 9.96. The Kier molecular flexibility index (Phi) is 4.38. The van der Waals surface area contributed by atoms with Gasteiger partial charge in [0.05, 0.1) is 0 Å². The molecule has 0 radical (unpaired) electrons. The van der Waals surface area contributed by atoms with Gasteiger partial charge in [-0.3, -0.25) is 4.90 Å². The van der Waals surface area contributed by atoms with E-state index in [4.69, 9.17) is 5.73 Å². The lowest BCUT2D eigenvalue weighted by Gasteiger charge is -2.40. The largest absolute Gasteiger partial charge is 0.329 e. The molecule has 0 aromatic carbocycles. The molecule has 2 N–H and O–H groups in total. The standard InChI is InChI=1S/C13H22N2S/c1-2-12-5-3-4-7-15(12)13(9-14)11-6-8-16-10-11/h6,8,10,12-13H,2-5,7,9,14H2,1H3. The first-order valence-electron chi connectivity index (χ1n) is 6.34. The highest BCUT2D eigenvalue weighted by Gasteiger charge is 2.27. The second-order valence-corrected chi connectivity index (χ2v) is 5.38. The van der Waals surface area contributed by atoms with E-state index in [-0.39, 0.29) is 0 Å². The van der Waals surface area contributed by atoms with Gasteiger partial charge in [0, 0.05) is 18.6 Å². The highest BCUT2D eigenvalue weighted by atomic mass is 32.1. The zero-order valence-corrected chi connectivity index (χ0v) is 10.9. The lowest BCUT2D eigenvalue weighted by molar-refractivity contribution is 0.0951. The van der Waals surface area contributed by atoms with Crippen molar-refractivity contribution in [2.45, 2.75) is 44.7 Å². The molecule has 0 saturated carbocycles. The van der Waals surface area contributed by atoms with Gasteiger partial charge in [-0.2, -0.15) is 11.3 Å². The molecule has 2 unspecified atom stereocenters. The van der Waals surface area contributed by atoms with Crippen molar-refractivity contribution in [2.75, 3.05) is 13.1 Å². The third kappa shape index (κ3) is 2.47. The van der Waals surface area contributed by atoms with Crippen molar-refractivity contribution in [3.8, 4) is 0 Å². The summed E-state index contributed by atoms with van der Waals surface area (Å²) in [5, 5.41) is 4.40. The van der Waals surface area contributed by atoms with E-state index in [0.717, 1.165) is 12.6 Å². The minimum Gasteiger partial charge on any atom is -0.329 e. The fraction of sp³-hybridized carbons (Fsp3) is 0.692. The van der Waals surface area contributed by atoms with Crippen molar-refractivity contribution < 1.29 is 0 Å². The molecule has 2 atom stereocenters. The molecule has 1 aromatic rings. The fourth-order valence-corrected chi connectivity index (χ4v) is 3.51. The predicted molar refractivity (Wildman–Crippen MR) is 70.8 cm³/mol. The van der Waals surface area contributed by atoms with E-state index in [1.165, 1.54) is 37.8 Å². The molecule has 1 aromatic heterocycles. The van der Waals surface area contributed by atoms with E-state index in [1.54, 1.807) is 11.3 Å². The molecule has 1 aliphatic heterocycles. The Bertz CT molecular complexity index is 297. The van der Waals surface area contributed by atoms with Gasteiger partial charge in [0.1, 0.15) is 0 Å². The van der Waals surface area contributed by atoms with Crippen LogP contribution in [-0.4, -0.2) is 24.0 Å². The third-order valence-corrected chi connectivity index (χ3v) is 4.40. The van der Waals surface area contributed by atoms with Gasteiger partial charge in [0.2, 0.25) is 0 Å². The van der Waals surface area contributed by atoms with Gasteiger partial charge >= 0.3 is 0 Å². The van der Waals surface area contributed by atoms with Crippen LogP contribution in [0.4, 0.5) is 0 Å². The van der Waals surface area contributed by atoms with Crippen molar-refractivity contribution in [1.29, 1.82) is 0 Å². The molecule has 90 valence electrons. The van der Waals surface area contributed by atoms with E-state index < -0.39 is 0 Å². The molecule has 0 bridgehead atoms. The van der Waals surface area contributed by atoms with Crippen LogP contribution in [0.1, 0.15) is 44.2 Å². The maximum absolute atomic E-state index is 5.97. The number of nitrogens with two attached hydrogens (primary N) is 1. The Morgan fingerprint density at radius 2 is 2.44 bits per heavy atom. The van der Waals surface area contributed by atoms with Crippen molar-refractivity contribution in [2.24, 2.45) is 5.73 Å². The SMILES string of the molecule is CCC1CCCCN1C(CN)c1ccsc1. The molecule has 2 nitrogen and oxygen atoms in total. The van der Waals surface area contributed by atoms with Gasteiger partial charge < -0.3 is 5.73 Å². The number of nitrogens with zero attached hydrogens (tertiary/aromatic N) is 1. The molecule has 0 aliphatic carbocycles. The minimum absolute atomic E-state index is 0.441. The topological polar surface area (TPSA) is 29.3 Å². The van der Waals surface area contributed by atoms with Crippen molar-refractivity contribution in [3.63, 3.8) is 0 Å². The predicted octanol–water partition coefficient (Wildman–Crippen LogP) is 3.01. The van der Waals surface area contributed by atoms with E-state index in [1.807, 2.05) is 0 Å². The summed E-state index contributed by atoms with van der Waals surface area (Å²) in [6, 6.07) is 3.41. The van der Waals surface area contributed by atoms with Crippen LogP contribution in [0.3, 0.4) is 0 Å². The zero-order valence-electron chi connectivity index (χ0n) is 10.1. The van der Waals surface area contributed by atoms with E-state index in [2.05, 4.69) is 28.7 Å². The number of hydrogen-bond donors (Lipinski definition) is 1. The highest BCUT2D eigenvalue weighted by Crippen LogP contribution is 2.30. The molecule has 2 heterocycles. The van der Waals surface area contributed by atoms with Crippen LogP contribution in [0.2, 0.25) is 0 Å². The number of piperidine rings is 1. The molecule has 1 saturated heterocycles.